The van der Waals surface area contributed by atoms with E-state index >= 15 is 0 Å². The summed E-state index contributed by atoms with van der Waals surface area (Å²) in [5, 5.41) is 22.2. The van der Waals surface area contributed by atoms with Crippen molar-refractivity contribution in [1.29, 1.82) is 0 Å². The highest BCUT2D eigenvalue weighted by atomic mass is 32.1. The maximum Gasteiger partial charge on any atom is 0.355 e. The largest absolute Gasteiger partial charge is 0.490 e. The molecule has 16 heteroatoms. The van der Waals surface area contributed by atoms with Crippen LogP contribution in [0.5, 0.6) is 11.5 Å². The quantitative estimate of drug-likeness (QED) is 0.0654. The number of fused-ring (bicyclic) bond motifs is 3. The van der Waals surface area contributed by atoms with Crippen molar-refractivity contribution in [3.05, 3.63) is 125 Å². The summed E-state index contributed by atoms with van der Waals surface area (Å²) in [5.74, 6) is 0.514. The number of ether oxygens (including phenoxy) is 2. The van der Waals surface area contributed by atoms with E-state index in [0.717, 1.165) is 113 Å². The van der Waals surface area contributed by atoms with Crippen molar-refractivity contribution < 1.29 is 33.8 Å². The number of unbranched alkanes of at least 4 members (excludes halogenated alkanes) is 1. The van der Waals surface area contributed by atoms with Crippen LogP contribution in [0.15, 0.2) is 91.0 Å². The second-order valence-corrected chi connectivity index (χ2v) is 21.5. The minimum absolute atomic E-state index is 0.0196. The molecule has 3 aliphatic heterocycles. The summed E-state index contributed by atoms with van der Waals surface area (Å²) >= 11 is 1.44. The molecule has 15 nitrogen and oxygen atoms in total. The van der Waals surface area contributed by atoms with Crippen LogP contribution in [0, 0.1) is 12.8 Å². The number of pyridine rings is 1. The van der Waals surface area contributed by atoms with Crippen molar-refractivity contribution >= 4 is 67.1 Å². The molecule has 74 heavy (non-hydrogen) atoms. The molecule has 0 bridgehead atoms. The lowest BCUT2D eigenvalue weighted by atomic mass is 9.84. The fourth-order valence-electron chi connectivity index (χ4n) is 11.7. The number of hydrogen-bond donors (Lipinski definition) is 3. The molecule has 3 fully saturated rings. The molecule has 6 heterocycles. The van der Waals surface area contributed by atoms with E-state index in [4.69, 9.17) is 19.6 Å². The Hall–Kier alpha value is -7.17. The molecule has 0 spiro atoms. The van der Waals surface area contributed by atoms with E-state index in [1.54, 1.807) is 4.68 Å². The van der Waals surface area contributed by atoms with E-state index < -0.39 is 11.9 Å². The first-order valence-electron chi connectivity index (χ1n) is 26.2. The number of imide groups is 1. The number of thiazole rings is 1. The lowest BCUT2D eigenvalue weighted by Crippen LogP contribution is -2.39. The Labute approximate surface area is 434 Å². The maximum absolute atomic E-state index is 13.7. The first-order valence-corrected chi connectivity index (χ1v) is 27.1. The number of carboxylic acid groups (broad SMARTS) is 1. The van der Waals surface area contributed by atoms with Gasteiger partial charge in [-0.3, -0.25) is 29.7 Å². The van der Waals surface area contributed by atoms with Gasteiger partial charge in [-0.05, 0) is 142 Å². The zero-order valence-corrected chi connectivity index (χ0v) is 42.8. The number of benzene rings is 4. The van der Waals surface area contributed by atoms with Crippen LogP contribution < -0.4 is 25.0 Å². The summed E-state index contributed by atoms with van der Waals surface area (Å²) in [5.41, 5.74) is 7.18. The van der Waals surface area contributed by atoms with Crippen molar-refractivity contribution in [2.24, 2.45) is 13.0 Å². The fourth-order valence-corrected chi connectivity index (χ4v) is 12.5. The topological polar surface area (TPSA) is 181 Å². The van der Waals surface area contributed by atoms with Gasteiger partial charge < -0.3 is 24.4 Å². The van der Waals surface area contributed by atoms with E-state index in [0.29, 0.717) is 66.0 Å². The smallest absolute Gasteiger partial charge is 0.355 e. The van der Waals surface area contributed by atoms with Crippen molar-refractivity contribution in [3.8, 4) is 22.6 Å². The van der Waals surface area contributed by atoms with Gasteiger partial charge in [0.15, 0.2) is 10.8 Å². The van der Waals surface area contributed by atoms with E-state index in [1.165, 1.54) is 30.6 Å². The highest BCUT2D eigenvalue weighted by molar-refractivity contribution is 7.22. The highest BCUT2D eigenvalue weighted by Gasteiger charge is 2.33. The Morgan fingerprint density at radius 2 is 1.57 bits per heavy atom. The van der Waals surface area contributed by atoms with Gasteiger partial charge >= 0.3 is 5.97 Å². The van der Waals surface area contributed by atoms with Crippen LogP contribution in [0.1, 0.15) is 120 Å². The Kier molecular flexibility index (Phi) is 14.2. The molecule has 2 saturated heterocycles. The molecule has 382 valence electrons. The first kappa shape index (κ1) is 49.1. The van der Waals surface area contributed by atoms with Gasteiger partial charge in [-0.1, -0.05) is 72.7 Å². The molecule has 1 unspecified atom stereocenters. The van der Waals surface area contributed by atoms with Crippen LogP contribution in [0.3, 0.4) is 0 Å². The van der Waals surface area contributed by atoms with Crippen LogP contribution in [0.2, 0.25) is 0 Å². The van der Waals surface area contributed by atoms with Gasteiger partial charge in [0, 0.05) is 56.2 Å². The van der Waals surface area contributed by atoms with Crippen LogP contribution in [-0.2, 0) is 29.6 Å². The molecule has 7 aromatic rings. The average Bonchev–Trinajstić information content (AvgIpc) is 3.98. The van der Waals surface area contributed by atoms with Crippen LogP contribution in [0.4, 0.5) is 10.9 Å². The third-order valence-corrected chi connectivity index (χ3v) is 16.6. The van der Waals surface area contributed by atoms with Crippen molar-refractivity contribution in [1.82, 2.24) is 30.0 Å². The summed E-state index contributed by atoms with van der Waals surface area (Å²) in [6.07, 6.45) is 11.5. The maximum atomic E-state index is 13.7. The number of piperidine rings is 2. The van der Waals surface area contributed by atoms with Crippen LogP contribution in [-0.4, -0.2) is 91.8 Å². The first-order chi connectivity index (χ1) is 36.0. The molecule has 3 amide bonds. The zero-order chi connectivity index (χ0) is 50.9. The molecule has 0 radical (unpaired) electrons. The van der Waals surface area contributed by atoms with Crippen molar-refractivity contribution in [3.63, 3.8) is 0 Å². The number of carboxylic acids is 1. The number of rotatable bonds is 15. The van der Waals surface area contributed by atoms with Gasteiger partial charge in [-0.25, -0.2) is 14.8 Å². The number of carbonyl (C=O) groups is 4. The molecule has 1 saturated carbocycles. The van der Waals surface area contributed by atoms with Crippen LogP contribution in [0.25, 0.3) is 32.2 Å². The summed E-state index contributed by atoms with van der Waals surface area (Å²) in [6, 6.07) is 29.1. The molecular weight excluding hydrogens is 953 g/mol. The molecule has 3 aromatic heterocycles. The average molecular weight is 1020 g/mol. The predicted octanol–water partition coefficient (Wildman–Crippen LogP) is 10.2. The molecule has 1 aliphatic carbocycles. The number of likely N-dealkylation sites (tertiary alicyclic amines) is 1. The Balaban J connectivity index is 0.644. The minimum atomic E-state index is -1.10. The van der Waals surface area contributed by atoms with Crippen LogP contribution >= 0.6 is 11.3 Å². The lowest BCUT2D eigenvalue weighted by molar-refractivity contribution is -0.134. The molecule has 1 atom stereocenters. The minimum Gasteiger partial charge on any atom is -0.490 e. The van der Waals surface area contributed by atoms with Gasteiger partial charge in [0.05, 0.1) is 27.9 Å². The lowest BCUT2D eigenvalue weighted by Gasteiger charge is -2.32. The number of aromatic carboxylic acids is 1. The molecule has 11 rings (SSSR count). The highest BCUT2D eigenvalue weighted by Crippen LogP contribution is 2.39. The van der Waals surface area contributed by atoms with Gasteiger partial charge in [-0.2, -0.15) is 5.10 Å². The van der Waals surface area contributed by atoms with Crippen molar-refractivity contribution in [2.75, 3.05) is 36.4 Å². The number of nitrogens with one attached hydrogen (secondary N) is 2. The number of aryl methyl sites for hydroxylation is 1. The van der Waals surface area contributed by atoms with Gasteiger partial charge in [0.2, 0.25) is 11.8 Å². The summed E-state index contributed by atoms with van der Waals surface area (Å²) in [4.78, 5) is 65.0. The van der Waals surface area contributed by atoms with Crippen molar-refractivity contribution in [2.45, 2.75) is 109 Å². The molecule has 4 aromatic carbocycles. The third kappa shape index (κ3) is 10.3. The van der Waals surface area contributed by atoms with E-state index in [9.17, 15) is 24.3 Å². The Bertz CT molecular complexity index is 3230. The number of nitrogens with zero attached hydrogens (tertiary/aromatic N) is 6. The number of carbonyl (C=O) groups excluding carboxylic acids is 3. The number of hydrogen-bond acceptors (Lipinski definition) is 12. The summed E-state index contributed by atoms with van der Waals surface area (Å²) < 4.78 is 16.1. The van der Waals surface area contributed by atoms with Gasteiger partial charge in [-0.15, -0.1) is 0 Å². The summed E-state index contributed by atoms with van der Waals surface area (Å²) in [6.45, 7) is 6.14. The Morgan fingerprint density at radius 3 is 2.38 bits per heavy atom. The normalized spacial score (nSPS) is 19.6. The zero-order valence-electron chi connectivity index (χ0n) is 42.0. The predicted molar refractivity (Wildman–Crippen MR) is 286 cm³/mol. The number of para-hydroxylation sites is 2. The molecule has 3 N–H and O–H groups in total. The molecule has 4 aliphatic rings. The Morgan fingerprint density at radius 1 is 0.797 bits per heavy atom. The second kappa shape index (κ2) is 21.4. The van der Waals surface area contributed by atoms with E-state index in [2.05, 4.69) is 20.5 Å². The van der Waals surface area contributed by atoms with Gasteiger partial charge in [0.1, 0.15) is 28.9 Å². The SMILES string of the molecule is Cc1c(O[C@H]2CC[C@H](CCCCN3CCC(Oc4cccc5c(C6CCC(=O)NC6=O)nn(C)c45)CC3)CC2)cccc1-c1ccc(N2CCc3cccc(C(=O)Nc4nc5ccccc5s4)c3C2)nc1C(=O)O. The fraction of sp³-hybridized carbons (Fsp3) is 0.397. The van der Waals surface area contributed by atoms with E-state index in [1.807, 2.05) is 110 Å². The van der Waals surface area contributed by atoms with Gasteiger partial charge in [0.25, 0.3) is 5.91 Å². The second-order valence-electron chi connectivity index (χ2n) is 20.4. The van der Waals surface area contributed by atoms with E-state index in [-0.39, 0.29) is 35.6 Å². The number of anilines is 2. The number of aromatic nitrogens is 4. The number of amides is 3. The standard InChI is InChI=1S/C58H62N8O7S/c1-35-40(41-23-25-50(60-53(41)57(70)71)66-33-27-37-11-7-13-42(45(37)34-66)55(68)62-58-59-46-15-3-4-18-49(46)74-58)12-8-16-47(35)72-38-21-19-36(20-22-38)10-5-6-30-65-31-28-39(29-32-65)73-48-17-9-14-43-52(63-64(2)54(43)48)44-24-26-51(67)61-56(44)69/h3-4,7-9,11-18,23,25,36,38-39,44H,5-6,10,19-22,24,26-34H2,1-2H3,(H,70,71)(H,59,62,68)(H,61,67,69)/t36-,38-,44?. The summed E-state index contributed by atoms with van der Waals surface area (Å²) in [7, 11) is 1.89. The monoisotopic (exact) mass is 1010 g/mol. The molecular formula is C58H62N8O7S. The third-order valence-electron chi connectivity index (χ3n) is 15.7.